The molecule has 3 nitrogen and oxygen atoms in total. The fourth-order valence-corrected chi connectivity index (χ4v) is 2.35. The van der Waals surface area contributed by atoms with E-state index in [1.54, 1.807) is 0 Å². The van der Waals surface area contributed by atoms with Gasteiger partial charge < -0.3 is 14.8 Å². The van der Waals surface area contributed by atoms with Crippen LogP contribution in [0.1, 0.15) is 23.6 Å². The molecular weight excluding hydrogens is 274 g/mol. The summed E-state index contributed by atoms with van der Waals surface area (Å²) in [5, 5.41) is 3.52. The van der Waals surface area contributed by atoms with Gasteiger partial charge in [0.1, 0.15) is 12.4 Å². The van der Waals surface area contributed by atoms with Gasteiger partial charge in [0.25, 0.3) is 0 Å². The van der Waals surface area contributed by atoms with Gasteiger partial charge in [-0.2, -0.15) is 0 Å². The number of rotatable bonds is 8. The third kappa shape index (κ3) is 4.78. The highest BCUT2D eigenvalue weighted by Crippen LogP contribution is 2.20. The fourth-order valence-electron chi connectivity index (χ4n) is 2.35. The molecule has 0 amide bonds. The molecule has 2 aromatic rings. The van der Waals surface area contributed by atoms with Gasteiger partial charge in [-0.1, -0.05) is 30.3 Å². The number of hydrogen-bond donors (Lipinski definition) is 1. The molecule has 22 heavy (non-hydrogen) atoms. The van der Waals surface area contributed by atoms with Crippen molar-refractivity contribution in [1.29, 1.82) is 0 Å². The van der Waals surface area contributed by atoms with Gasteiger partial charge in [0, 0.05) is 18.8 Å². The number of para-hydroxylation sites is 1. The van der Waals surface area contributed by atoms with Crippen molar-refractivity contribution in [3.05, 3.63) is 59.2 Å². The van der Waals surface area contributed by atoms with E-state index in [2.05, 4.69) is 49.5 Å². The Kier molecular flexibility index (Phi) is 6.28. The van der Waals surface area contributed by atoms with Crippen LogP contribution in [0, 0.1) is 13.8 Å². The van der Waals surface area contributed by atoms with Gasteiger partial charge in [0.15, 0.2) is 0 Å². The number of ether oxygens (including phenoxy) is 2. The van der Waals surface area contributed by atoms with Crippen LogP contribution in [0.4, 0.5) is 5.69 Å². The van der Waals surface area contributed by atoms with Crippen LogP contribution in [0.5, 0.6) is 5.75 Å². The molecule has 2 aromatic carbocycles. The van der Waals surface area contributed by atoms with Crippen LogP contribution < -0.4 is 10.1 Å². The summed E-state index contributed by atoms with van der Waals surface area (Å²) in [4.78, 5) is 0. The molecule has 1 N–H and O–H groups in total. The Bertz CT molecular complexity index is 558. The van der Waals surface area contributed by atoms with E-state index in [-0.39, 0.29) is 0 Å². The first-order valence-electron chi connectivity index (χ1n) is 7.80. The van der Waals surface area contributed by atoms with Crippen molar-refractivity contribution in [2.45, 2.75) is 27.3 Å². The van der Waals surface area contributed by atoms with Gasteiger partial charge in [-0.15, -0.1) is 0 Å². The molecule has 0 aromatic heterocycles. The van der Waals surface area contributed by atoms with Crippen LogP contribution in [0.15, 0.2) is 42.5 Å². The van der Waals surface area contributed by atoms with Crippen molar-refractivity contribution in [2.24, 2.45) is 0 Å². The lowest BCUT2D eigenvalue weighted by molar-refractivity contribution is 0.110. The Balaban J connectivity index is 1.86. The van der Waals surface area contributed by atoms with E-state index in [1.165, 1.54) is 22.4 Å². The number of hydrogen-bond acceptors (Lipinski definition) is 3. The summed E-state index contributed by atoms with van der Waals surface area (Å²) < 4.78 is 10.9. The minimum atomic E-state index is 0.591. The third-order valence-electron chi connectivity index (χ3n) is 3.57. The van der Waals surface area contributed by atoms with Crippen molar-refractivity contribution < 1.29 is 9.47 Å². The van der Waals surface area contributed by atoms with Gasteiger partial charge >= 0.3 is 0 Å². The van der Waals surface area contributed by atoms with E-state index in [0.717, 1.165) is 18.9 Å². The van der Waals surface area contributed by atoms with Crippen molar-refractivity contribution in [3.63, 3.8) is 0 Å². The molecule has 0 spiro atoms. The zero-order chi connectivity index (χ0) is 15.8. The SMILES string of the molecule is CCOCCOc1ccc(CNc2c(C)cccc2C)cc1. The Morgan fingerprint density at radius 2 is 1.59 bits per heavy atom. The summed E-state index contributed by atoms with van der Waals surface area (Å²) in [7, 11) is 0. The highest BCUT2D eigenvalue weighted by molar-refractivity contribution is 5.56. The number of benzene rings is 2. The summed E-state index contributed by atoms with van der Waals surface area (Å²) >= 11 is 0. The van der Waals surface area contributed by atoms with Crippen LogP contribution >= 0.6 is 0 Å². The molecule has 0 unspecified atom stereocenters. The minimum Gasteiger partial charge on any atom is -0.491 e. The van der Waals surface area contributed by atoms with E-state index in [1.807, 2.05) is 19.1 Å². The van der Waals surface area contributed by atoms with E-state index in [9.17, 15) is 0 Å². The molecule has 0 bridgehead atoms. The molecule has 0 fully saturated rings. The quantitative estimate of drug-likeness (QED) is 0.736. The number of aryl methyl sites for hydroxylation is 2. The molecule has 2 rings (SSSR count). The maximum absolute atomic E-state index is 5.62. The molecule has 0 aliphatic heterocycles. The van der Waals surface area contributed by atoms with E-state index >= 15 is 0 Å². The van der Waals surface area contributed by atoms with Crippen LogP contribution in [0.25, 0.3) is 0 Å². The molecule has 0 saturated carbocycles. The molecule has 0 saturated heterocycles. The molecule has 118 valence electrons. The maximum atomic E-state index is 5.62. The van der Waals surface area contributed by atoms with Crippen LogP contribution in [0.2, 0.25) is 0 Å². The summed E-state index contributed by atoms with van der Waals surface area (Å²) in [6.45, 7) is 9.00. The summed E-state index contributed by atoms with van der Waals surface area (Å²) in [5.41, 5.74) is 5.01. The first-order valence-corrected chi connectivity index (χ1v) is 7.80. The van der Waals surface area contributed by atoms with Gasteiger partial charge in [-0.3, -0.25) is 0 Å². The molecule has 3 heteroatoms. The predicted octanol–water partition coefficient (Wildman–Crippen LogP) is 4.33. The van der Waals surface area contributed by atoms with Crippen molar-refractivity contribution in [1.82, 2.24) is 0 Å². The Labute approximate surface area is 133 Å². The van der Waals surface area contributed by atoms with Crippen LogP contribution in [-0.2, 0) is 11.3 Å². The Morgan fingerprint density at radius 1 is 0.909 bits per heavy atom. The third-order valence-corrected chi connectivity index (χ3v) is 3.57. The lowest BCUT2D eigenvalue weighted by Gasteiger charge is -2.13. The van der Waals surface area contributed by atoms with Gasteiger partial charge in [-0.25, -0.2) is 0 Å². The zero-order valence-electron chi connectivity index (χ0n) is 13.7. The normalized spacial score (nSPS) is 10.5. The average Bonchev–Trinajstić information content (AvgIpc) is 2.52. The predicted molar refractivity (Wildman–Crippen MR) is 91.7 cm³/mol. The fraction of sp³-hybridized carbons (Fsp3) is 0.368. The summed E-state index contributed by atoms with van der Waals surface area (Å²) in [5.74, 6) is 0.885. The van der Waals surface area contributed by atoms with Crippen molar-refractivity contribution in [3.8, 4) is 5.75 Å². The second kappa shape index (κ2) is 8.44. The lowest BCUT2D eigenvalue weighted by atomic mass is 10.1. The average molecular weight is 299 g/mol. The highest BCUT2D eigenvalue weighted by Gasteiger charge is 2.02. The number of anilines is 1. The smallest absolute Gasteiger partial charge is 0.119 e. The van der Waals surface area contributed by atoms with Gasteiger partial charge in [-0.05, 0) is 49.6 Å². The van der Waals surface area contributed by atoms with E-state index < -0.39 is 0 Å². The molecular formula is C19H25NO2. The number of nitrogens with one attached hydrogen (secondary N) is 1. The van der Waals surface area contributed by atoms with Crippen LogP contribution in [-0.4, -0.2) is 19.8 Å². The zero-order valence-corrected chi connectivity index (χ0v) is 13.7. The van der Waals surface area contributed by atoms with Gasteiger partial charge in [0.2, 0.25) is 0 Å². The molecule has 0 atom stereocenters. The first kappa shape index (κ1) is 16.4. The van der Waals surface area contributed by atoms with E-state index in [0.29, 0.717) is 13.2 Å². The maximum Gasteiger partial charge on any atom is 0.119 e. The van der Waals surface area contributed by atoms with E-state index in [4.69, 9.17) is 9.47 Å². The van der Waals surface area contributed by atoms with Crippen molar-refractivity contribution >= 4 is 5.69 Å². The topological polar surface area (TPSA) is 30.5 Å². The highest BCUT2D eigenvalue weighted by atomic mass is 16.5. The molecule has 0 heterocycles. The Hall–Kier alpha value is -2.00. The van der Waals surface area contributed by atoms with Crippen molar-refractivity contribution in [2.75, 3.05) is 25.1 Å². The summed E-state index contributed by atoms with van der Waals surface area (Å²) in [6.07, 6.45) is 0. The monoisotopic (exact) mass is 299 g/mol. The largest absolute Gasteiger partial charge is 0.491 e. The first-order chi connectivity index (χ1) is 10.7. The molecule has 0 radical (unpaired) electrons. The van der Waals surface area contributed by atoms with Crippen LogP contribution in [0.3, 0.4) is 0 Å². The minimum absolute atomic E-state index is 0.591. The molecule has 0 aliphatic carbocycles. The summed E-state index contributed by atoms with van der Waals surface area (Å²) in [6, 6.07) is 14.5. The lowest BCUT2D eigenvalue weighted by Crippen LogP contribution is -2.06. The second-order valence-corrected chi connectivity index (χ2v) is 5.31. The van der Waals surface area contributed by atoms with Gasteiger partial charge in [0.05, 0.1) is 6.61 Å². The standard InChI is InChI=1S/C19H25NO2/c1-4-21-12-13-22-18-10-8-17(9-11-18)14-20-19-15(2)6-5-7-16(19)3/h5-11,20H,4,12-14H2,1-3H3. The second-order valence-electron chi connectivity index (χ2n) is 5.31. The Morgan fingerprint density at radius 3 is 2.23 bits per heavy atom. The molecule has 0 aliphatic rings.